The molecule has 0 bridgehead atoms. The number of aromatic nitrogens is 2. The van der Waals surface area contributed by atoms with Gasteiger partial charge in [0.15, 0.2) is 5.82 Å². The van der Waals surface area contributed by atoms with Gasteiger partial charge in [-0.2, -0.15) is 0 Å². The molecule has 0 amide bonds. The number of hydrogen-bond donors (Lipinski definition) is 1. The molecular formula is C10H17N3O. The van der Waals surface area contributed by atoms with E-state index in [1.165, 1.54) is 0 Å². The van der Waals surface area contributed by atoms with Crippen molar-refractivity contribution in [3.63, 3.8) is 0 Å². The van der Waals surface area contributed by atoms with Gasteiger partial charge in [0.1, 0.15) is 6.61 Å². The van der Waals surface area contributed by atoms with Crippen LogP contribution in [0.3, 0.4) is 0 Å². The molecule has 4 heteroatoms. The smallest absolute Gasteiger partial charge is 0.153 e. The van der Waals surface area contributed by atoms with E-state index < -0.39 is 0 Å². The second kappa shape index (κ2) is 5.02. The minimum atomic E-state index is -0.255. The molecule has 1 heterocycles. The molecule has 0 aliphatic heterocycles. The molecule has 0 aromatic carbocycles. The number of ether oxygens (including phenoxy) is 1. The summed E-state index contributed by atoms with van der Waals surface area (Å²) < 4.78 is 5.43. The Balaban J connectivity index is 2.29. The van der Waals surface area contributed by atoms with Crippen LogP contribution in [0.15, 0.2) is 18.5 Å². The van der Waals surface area contributed by atoms with Gasteiger partial charge in [0.2, 0.25) is 0 Å². The van der Waals surface area contributed by atoms with Crippen molar-refractivity contribution < 1.29 is 4.74 Å². The monoisotopic (exact) mass is 195 g/mol. The molecule has 14 heavy (non-hydrogen) atoms. The number of hydrogen-bond acceptors (Lipinski definition) is 4. The highest BCUT2D eigenvalue weighted by Gasteiger charge is 2.15. The highest BCUT2D eigenvalue weighted by atomic mass is 16.5. The van der Waals surface area contributed by atoms with E-state index in [2.05, 4.69) is 9.97 Å². The summed E-state index contributed by atoms with van der Waals surface area (Å²) in [5.74, 6) is 0.694. The van der Waals surface area contributed by atoms with Crippen molar-refractivity contribution in [2.24, 2.45) is 5.73 Å². The van der Waals surface area contributed by atoms with Gasteiger partial charge in [0.25, 0.3) is 0 Å². The molecule has 0 radical (unpaired) electrons. The fraction of sp³-hybridized carbons (Fsp3) is 0.600. The Morgan fingerprint density at radius 3 is 2.64 bits per heavy atom. The maximum atomic E-state index is 5.91. The van der Waals surface area contributed by atoms with E-state index in [4.69, 9.17) is 10.5 Å². The Kier molecular flexibility index (Phi) is 3.98. The third kappa shape index (κ3) is 3.81. The van der Waals surface area contributed by atoms with Gasteiger partial charge in [-0.05, 0) is 19.4 Å². The summed E-state index contributed by atoms with van der Waals surface area (Å²) in [6, 6.07) is 1.78. The molecular weight excluding hydrogens is 178 g/mol. The zero-order chi connectivity index (χ0) is 10.4. The lowest BCUT2D eigenvalue weighted by Crippen LogP contribution is -2.40. The fourth-order valence-electron chi connectivity index (χ4n) is 0.882. The summed E-state index contributed by atoms with van der Waals surface area (Å²) in [5, 5.41) is 0. The lowest BCUT2D eigenvalue weighted by atomic mass is 10.0. The molecule has 0 fully saturated rings. The maximum Gasteiger partial charge on any atom is 0.153 e. The van der Waals surface area contributed by atoms with Crippen LogP contribution >= 0.6 is 0 Å². The minimum Gasteiger partial charge on any atom is -0.372 e. The molecule has 2 N–H and O–H groups in total. The van der Waals surface area contributed by atoms with Crippen molar-refractivity contribution in [2.45, 2.75) is 32.4 Å². The standard InChI is InChI=1S/C10H17N3O/c1-3-10(2,11)8-14-7-9-12-5-4-6-13-9/h4-6H,3,7-8,11H2,1-2H3. The lowest BCUT2D eigenvalue weighted by molar-refractivity contribution is 0.0736. The molecule has 1 atom stereocenters. The first-order valence-corrected chi connectivity index (χ1v) is 4.76. The molecule has 4 nitrogen and oxygen atoms in total. The predicted octanol–water partition coefficient (Wildman–Crippen LogP) is 1.12. The Labute approximate surface area is 84.5 Å². The van der Waals surface area contributed by atoms with E-state index in [9.17, 15) is 0 Å². The van der Waals surface area contributed by atoms with Crippen molar-refractivity contribution in [3.8, 4) is 0 Å². The van der Waals surface area contributed by atoms with Crippen molar-refractivity contribution in [1.82, 2.24) is 9.97 Å². The Morgan fingerprint density at radius 2 is 2.07 bits per heavy atom. The summed E-state index contributed by atoms with van der Waals surface area (Å²) in [6.45, 7) is 4.97. The van der Waals surface area contributed by atoms with Gasteiger partial charge in [-0.15, -0.1) is 0 Å². The summed E-state index contributed by atoms with van der Waals surface area (Å²) in [4.78, 5) is 8.09. The Morgan fingerprint density at radius 1 is 1.43 bits per heavy atom. The summed E-state index contributed by atoms with van der Waals surface area (Å²) in [6.07, 6.45) is 4.29. The van der Waals surface area contributed by atoms with Gasteiger partial charge in [-0.1, -0.05) is 6.92 Å². The number of nitrogens with zero attached hydrogens (tertiary/aromatic N) is 2. The molecule has 1 aromatic heterocycles. The minimum absolute atomic E-state index is 0.255. The normalized spacial score (nSPS) is 15.1. The van der Waals surface area contributed by atoms with Crippen molar-refractivity contribution in [2.75, 3.05) is 6.61 Å². The van der Waals surface area contributed by atoms with E-state index in [1.807, 2.05) is 13.8 Å². The SMILES string of the molecule is CCC(C)(N)COCc1ncccn1. The van der Waals surface area contributed by atoms with Gasteiger partial charge in [0.05, 0.1) is 6.61 Å². The zero-order valence-corrected chi connectivity index (χ0v) is 8.73. The van der Waals surface area contributed by atoms with Crippen LogP contribution in [0.2, 0.25) is 0 Å². The van der Waals surface area contributed by atoms with Crippen LogP contribution in [0.4, 0.5) is 0 Å². The first-order valence-electron chi connectivity index (χ1n) is 4.76. The zero-order valence-electron chi connectivity index (χ0n) is 8.73. The molecule has 0 saturated carbocycles. The summed E-state index contributed by atoms with van der Waals surface area (Å²) in [5.41, 5.74) is 5.66. The molecule has 1 rings (SSSR count). The van der Waals surface area contributed by atoms with E-state index in [0.29, 0.717) is 19.0 Å². The van der Waals surface area contributed by atoms with Gasteiger partial charge in [-0.3, -0.25) is 0 Å². The molecule has 1 aromatic rings. The predicted molar refractivity (Wildman–Crippen MR) is 54.6 cm³/mol. The Bertz CT molecular complexity index is 261. The largest absolute Gasteiger partial charge is 0.372 e. The second-order valence-corrected chi connectivity index (χ2v) is 3.67. The highest BCUT2D eigenvalue weighted by molar-refractivity contribution is 4.86. The van der Waals surface area contributed by atoms with Crippen LogP contribution < -0.4 is 5.73 Å². The summed E-state index contributed by atoms with van der Waals surface area (Å²) >= 11 is 0. The van der Waals surface area contributed by atoms with Crippen molar-refractivity contribution in [1.29, 1.82) is 0 Å². The quantitative estimate of drug-likeness (QED) is 0.764. The van der Waals surface area contributed by atoms with Crippen LogP contribution in [0.1, 0.15) is 26.1 Å². The molecule has 1 unspecified atom stereocenters. The van der Waals surface area contributed by atoms with E-state index in [-0.39, 0.29) is 5.54 Å². The van der Waals surface area contributed by atoms with Crippen molar-refractivity contribution in [3.05, 3.63) is 24.3 Å². The maximum absolute atomic E-state index is 5.91. The molecule has 0 spiro atoms. The van der Waals surface area contributed by atoms with Crippen LogP contribution in [0.25, 0.3) is 0 Å². The first kappa shape index (κ1) is 11.1. The number of nitrogens with two attached hydrogens (primary N) is 1. The summed E-state index contributed by atoms with van der Waals surface area (Å²) in [7, 11) is 0. The topological polar surface area (TPSA) is 61.0 Å². The van der Waals surface area contributed by atoms with Crippen LogP contribution in [-0.2, 0) is 11.3 Å². The average Bonchev–Trinajstić information content (AvgIpc) is 2.19. The van der Waals surface area contributed by atoms with Crippen LogP contribution in [-0.4, -0.2) is 22.1 Å². The van der Waals surface area contributed by atoms with E-state index in [0.717, 1.165) is 6.42 Å². The molecule has 78 valence electrons. The van der Waals surface area contributed by atoms with Crippen molar-refractivity contribution >= 4 is 0 Å². The first-order chi connectivity index (χ1) is 6.64. The highest BCUT2D eigenvalue weighted by Crippen LogP contribution is 2.05. The average molecular weight is 195 g/mol. The molecule has 0 saturated heterocycles. The van der Waals surface area contributed by atoms with Crippen LogP contribution in [0, 0.1) is 0 Å². The third-order valence-corrected chi connectivity index (χ3v) is 2.09. The second-order valence-electron chi connectivity index (χ2n) is 3.67. The fourth-order valence-corrected chi connectivity index (χ4v) is 0.882. The Hall–Kier alpha value is -1.00. The van der Waals surface area contributed by atoms with Crippen LogP contribution in [0.5, 0.6) is 0 Å². The van der Waals surface area contributed by atoms with Gasteiger partial charge < -0.3 is 10.5 Å². The van der Waals surface area contributed by atoms with E-state index in [1.54, 1.807) is 18.5 Å². The third-order valence-electron chi connectivity index (χ3n) is 2.09. The molecule has 0 aliphatic carbocycles. The van der Waals surface area contributed by atoms with Gasteiger partial charge in [-0.25, -0.2) is 9.97 Å². The lowest BCUT2D eigenvalue weighted by Gasteiger charge is -2.21. The van der Waals surface area contributed by atoms with E-state index >= 15 is 0 Å². The molecule has 0 aliphatic rings. The van der Waals surface area contributed by atoms with Gasteiger partial charge in [0, 0.05) is 17.9 Å². The van der Waals surface area contributed by atoms with Gasteiger partial charge >= 0.3 is 0 Å². The number of rotatable bonds is 5.